The number of anilines is 1. The van der Waals surface area contributed by atoms with Gasteiger partial charge in [-0.25, -0.2) is 0 Å². The van der Waals surface area contributed by atoms with E-state index in [1.165, 1.54) is 21.8 Å². The first-order valence-electron chi connectivity index (χ1n) is 8.87. The van der Waals surface area contributed by atoms with Crippen molar-refractivity contribution in [2.45, 2.75) is 18.3 Å². The monoisotopic (exact) mass is 370 g/mol. The van der Waals surface area contributed by atoms with Gasteiger partial charge in [0.2, 0.25) is 5.91 Å². The number of benzene rings is 1. The van der Waals surface area contributed by atoms with Gasteiger partial charge in [0.1, 0.15) is 6.54 Å². The second kappa shape index (κ2) is 6.85. The van der Waals surface area contributed by atoms with Crippen molar-refractivity contribution in [3.05, 3.63) is 52.2 Å². The zero-order chi connectivity index (χ0) is 18.1. The molecule has 6 heteroatoms. The molecule has 136 valence electrons. The summed E-state index contributed by atoms with van der Waals surface area (Å²) in [6.45, 7) is 2.22. The summed E-state index contributed by atoms with van der Waals surface area (Å²) in [7, 11) is 1.69. The van der Waals surface area contributed by atoms with Crippen LogP contribution in [0.25, 0.3) is 0 Å². The Hall–Kier alpha value is -2.18. The third-order valence-electron chi connectivity index (χ3n) is 5.43. The highest BCUT2D eigenvalue weighted by molar-refractivity contribution is 7.12. The Balaban J connectivity index is 1.54. The van der Waals surface area contributed by atoms with Crippen LogP contribution in [0.5, 0.6) is 0 Å². The summed E-state index contributed by atoms with van der Waals surface area (Å²) in [6.07, 6.45) is 1.86. The quantitative estimate of drug-likeness (QED) is 0.835. The lowest BCUT2D eigenvalue weighted by Crippen LogP contribution is -2.44. The summed E-state index contributed by atoms with van der Waals surface area (Å²) in [5.41, 5.74) is 2.21. The Bertz CT molecular complexity index is 812. The number of carbonyl (C=O) groups excluding carboxylic acids is 2. The first kappa shape index (κ1) is 17.2. The highest BCUT2D eigenvalue weighted by Gasteiger charge is 2.45. The lowest BCUT2D eigenvalue weighted by Gasteiger charge is -2.34. The highest BCUT2D eigenvalue weighted by Crippen LogP contribution is 2.46. The molecule has 26 heavy (non-hydrogen) atoms. The van der Waals surface area contributed by atoms with E-state index in [-0.39, 0.29) is 23.8 Å². The first-order valence-corrected chi connectivity index (χ1v) is 9.75. The molecule has 0 unspecified atom stereocenters. The maximum atomic E-state index is 13.0. The summed E-state index contributed by atoms with van der Waals surface area (Å²) >= 11 is 1.39. The molecule has 1 saturated heterocycles. The number of thiophene rings is 1. The Labute approximate surface area is 157 Å². The van der Waals surface area contributed by atoms with E-state index in [1.807, 2.05) is 34.5 Å². The number of carbonyl (C=O) groups is 2. The first-order chi connectivity index (χ1) is 12.6. The van der Waals surface area contributed by atoms with Gasteiger partial charge in [-0.1, -0.05) is 24.3 Å². The molecule has 2 aliphatic rings. The fourth-order valence-electron chi connectivity index (χ4n) is 3.99. The van der Waals surface area contributed by atoms with Crippen molar-refractivity contribution in [2.24, 2.45) is 0 Å². The van der Waals surface area contributed by atoms with E-state index in [0.717, 1.165) is 31.7 Å². The Morgan fingerprint density at radius 1 is 1.19 bits per heavy atom. The molecule has 2 aromatic rings. The standard InChI is InChI=1S/C20H22N2O3S/c1-21(19(24)17-7-4-12-26-17)13-18(23)22-14-20(8-10-25-11-9-20)15-5-2-3-6-16(15)22/h2-7,12H,8-11,13-14H2,1H3. The van der Waals surface area contributed by atoms with Gasteiger partial charge in [-0.3, -0.25) is 9.59 Å². The minimum atomic E-state index is -0.110. The number of likely N-dealkylation sites (N-methyl/N-ethyl adjacent to an activating group) is 1. The van der Waals surface area contributed by atoms with Crippen molar-refractivity contribution in [1.82, 2.24) is 4.90 Å². The lowest BCUT2D eigenvalue weighted by atomic mass is 9.76. The van der Waals surface area contributed by atoms with Gasteiger partial charge in [0.15, 0.2) is 0 Å². The van der Waals surface area contributed by atoms with E-state index in [1.54, 1.807) is 13.1 Å². The topological polar surface area (TPSA) is 49.9 Å². The van der Waals surface area contributed by atoms with Gasteiger partial charge in [0.05, 0.1) is 4.88 Å². The predicted octanol–water partition coefficient (Wildman–Crippen LogP) is 2.92. The number of ether oxygens (including phenoxy) is 1. The normalized spacial score (nSPS) is 18.0. The third kappa shape index (κ3) is 2.93. The molecule has 1 aromatic heterocycles. The van der Waals surface area contributed by atoms with Crippen LogP contribution in [-0.4, -0.2) is 50.1 Å². The van der Waals surface area contributed by atoms with Gasteiger partial charge in [0, 0.05) is 37.9 Å². The number of hydrogen-bond donors (Lipinski definition) is 0. The third-order valence-corrected chi connectivity index (χ3v) is 6.29. The molecule has 1 spiro atoms. The molecule has 0 bridgehead atoms. The summed E-state index contributed by atoms with van der Waals surface area (Å²) < 4.78 is 5.55. The number of hydrogen-bond acceptors (Lipinski definition) is 4. The fraction of sp³-hybridized carbons (Fsp3) is 0.400. The van der Waals surface area contributed by atoms with Crippen LogP contribution in [-0.2, 0) is 14.9 Å². The molecule has 0 radical (unpaired) electrons. The fourth-order valence-corrected chi connectivity index (χ4v) is 4.71. The molecule has 2 aliphatic heterocycles. The van der Waals surface area contributed by atoms with Crippen LogP contribution in [0.2, 0.25) is 0 Å². The van der Waals surface area contributed by atoms with E-state index >= 15 is 0 Å². The van der Waals surface area contributed by atoms with Gasteiger partial charge in [-0.05, 0) is 35.9 Å². The zero-order valence-electron chi connectivity index (χ0n) is 14.8. The molecule has 1 fully saturated rings. The molecule has 2 amide bonds. The van der Waals surface area contributed by atoms with Gasteiger partial charge in [-0.15, -0.1) is 11.3 Å². The number of rotatable bonds is 3. The summed E-state index contributed by atoms with van der Waals surface area (Å²) in [4.78, 5) is 29.5. The number of amides is 2. The van der Waals surface area contributed by atoms with E-state index in [4.69, 9.17) is 4.74 Å². The predicted molar refractivity (Wildman–Crippen MR) is 102 cm³/mol. The molecule has 3 heterocycles. The molecular weight excluding hydrogens is 348 g/mol. The minimum Gasteiger partial charge on any atom is -0.381 e. The molecule has 5 nitrogen and oxygen atoms in total. The maximum absolute atomic E-state index is 13.0. The van der Waals surface area contributed by atoms with Crippen molar-refractivity contribution in [3.8, 4) is 0 Å². The minimum absolute atomic E-state index is 0.0131. The van der Waals surface area contributed by atoms with Crippen molar-refractivity contribution >= 4 is 28.8 Å². The van der Waals surface area contributed by atoms with E-state index in [2.05, 4.69) is 6.07 Å². The van der Waals surface area contributed by atoms with Crippen molar-refractivity contribution in [2.75, 3.05) is 38.3 Å². The van der Waals surface area contributed by atoms with Crippen molar-refractivity contribution in [1.29, 1.82) is 0 Å². The molecule has 0 N–H and O–H groups in total. The molecule has 1 aromatic carbocycles. The van der Waals surface area contributed by atoms with Gasteiger partial charge in [-0.2, -0.15) is 0 Å². The Morgan fingerprint density at radius 3 is 2.69 bits per heavy atom. The Kier molecular flexibility index (Phi) is 4.54. The molecule has 0 aliphatic carbocycles. The molecule has 0 saturated carbocycles. The van der Waals surface area contributed by atoms with E-state index < -0.39 is 0 Å². The van der Waals surface area contributed by atoms with Crippen LogP contribution < -0.4 is 4.90 Å². The zero-order valence-corrected chi connectivity index (χ0v) is 15.6. The largest absolute Gasteiger partial charge is 0.381 e. The van der Waals surface area contributed by atoms with Gasteiger partial charge in [0.25, 0.3) is 5.91 Å². The number of nitrogens with zero attached hydrogens (tertiary/aromatic N) is 2. The van der Waals surface area contributed by atoms with Crippen molar-refractivity contribution in [3.63, 3.8) is 0 Å². The average Bonchev–Trinajstić information content (AvgIpc) is 3.30. The van der Waals surface area contributed by atoms with E-state index in [0.29, 0.717) is 11.4 Å². The lowest BCUT2D eigenvalue weighted by molar-refractivity contribution is -0.119. The Morgan fingerprint density at radius 2 is 1.96 bits per heavy atom. The average molecular weight is 370 g/mol. The van der Waals surface area contributed by atoms with Crippen LogP contribution in [0, 0.1) is 0 Å². The van der Waals surface area contributed by atoms with Crippen molar-refractivity contribution < 1.29 is 14.3 Å². The molecule has 4 rings (SSSR count). The van der Waals surface area contributed by atoms with E-state index in [9.17, 15) is 9.59 Å². The number of fused-ring (bicyclic) bond motifs is 2. The summed E-state index contributed by atoms with van der Waals surface area (Å²) in [6, 6.07) is 11.8. The maximum Gasteiger partial charge on any atom is 0.264 e. The smallest absolute Gasteiger partial charge is 0.264 e. The molecular formula is C20H22N2O3S. The van der Waals surface area contributed by atoms with Crippen LogP contribution in [0.3, 0.4) is 0 Å². The van der Waals surface area contributed by atoms with Gasteiger partial charge >= 0.3 is 0 Å². The van der Waals surface area contributed by atoms with Crippen LogP contribution in [0.1, 0.15) is 28.1 Å². The summed E-state index contributed by atoms with van der Waals surface area (Å²) in [5.74, 6) is -0.144. The van der Waals surface area contributed by atoms with Crippen LogP contribution >= 0.6 is 11.3 Å². The number of para-hydroxylation sites is 1. The van der Waals surface area contributed by atoms with Crippen LogP contribution in [0.4, 0.5) is 5.69 Å². The second-order valence-corrected chi connectivity index (χ2v) is 7.98. The highest BCUT2D eigenvalue weighted by atomic mass is 32.1. The summed E-state index contributed by atoms with van der Waals surface area (Å²) in [5, 5.41) is 1.87. The van der Waals surface area contributed by atoms with Gasteiger partial charge < -0.3 is 14.5 Å². The molecule has 0 atom stereocenters. The SMILES string of the molecule is CN(CC(=O)N1CC2(CCOCC2)c2ccccc21)C(=O)c1cccs1. The second-order valence-electron chi connectivity index (χ2n) is 7.03. The van der Waals surface area contributed by atoms with Crippen LogP contribution in [0.15, 0.2) is 41.8 Å².